The van der Waals surface area contributed by atoms with Gasteiger partial charge in [-0.05, 0) is 42.5 Å². The van der Waals surface area contributed by atoms with E-state index in [9.17, 15) is 14.9 Å². The molecule has 0 unspecified atom stereocenters. The second-order valence-corrected chi connectivity index (χ2v) is 5.48. The lowest BCUT2D eigenvalue weighted by Gasteiger charge is -2.07. The van der Waals surface area contributed by atoms with Crippen molar-refractivity contribution >= 4 is 40.5 Å². The lowest BCUT2D eigenvalue weighted by atomic mass is 10.2. The summed E-state index contributed by atoms with van der Waals surface area (Å²) in [6.45, 7) is 0. The highest BCUT2D eigenvalue weighted by Crippen LogP contribution is 2.22. The van der Waals surface area contributed by atoms with E-state index in [-0.39, 0.29) is 5.57 Å². The molecular weight excluding hydrogens is 356 g/mol. The smallest absolute Gasteiger partial charge is 0.337 e. The highest BCUT2D eigenvalue weighted by atomic mass is 35.5. The minimum Gasteiger partial charge on any atom is -0.465 e. The first-order chi connectivity index (χ1) is 12.4. The van der Waals surface area contributed by atoms with E-state index in [0.717, 1.165) is 0 Å². The number of hydrogen-bond acceptors (Lipinski definition) is 6. The number of halogens is 1. The third-order valence-corrected chi connectivity index (χ3v) is 3.64. The SMILES string of the molecule is COC(=O)c1ccc(N/C=C(/C#N)C(=O)Nc2ccc(N)c(Cl)c2)cc1. The summed E-state index contributed by atoms with van der Waals surface area (Å²) in [6.07, 6.45) is 1.27. The van der Waals surface area contributed by atoms with Crippen LogP contribution in [0.1, 0.15) is 10.4 Å². The molecule has 0 aliphatic rings. The number of amides is 1. The van der Waals surface area contributed by atoms with Crippen LogP contribution in [-0.2, 0) is 9.53 Å². The van der Waals surface area contributed by atoms with Crippen molar-refractivity contribution in [3.05, 3.63) is 64.8 Å². The van der Waals surface area contributed by atoms with Gasteiger partial charge in [-0.2, -0.15) is 5.26 Å². The van der Waals surface area contributed by atoms with Gasteiger partial charge in [0, 0.05) is 17.6 Å². The highest BCUT2D eigenvalue weighted by Gasteiger charge is 2.10. The van der Waals surface area contributed by atoms with Gasteiger partial charge < -0.3 is 21.1 Å². The Labute approximate surface area is 155 Å². The Bertz CT molecular complexity index is 902. The van der Waals surface area contributed by atoms with E-state index in [1.807, 2.05) is 6.07 Å². The predicted octanol–water partition coefficient (Wildman–Crippen LogP) is 3.17. The number of ether oxygens (including phenoxy) is 1. The van der Waals surface area contributed by atoms with Crippen molar-refractivity contribution in [1.29, 1.82) is 5.26 Å². The molecule has 0 saturated carbocycles. The molecule has 7 nitrogen and oxygen atoms in total. The lowest BCUT2D eigenvalue weighted by molar-refractivity contribution is -0.112. The Hall–Kier alpha value is -3.50. The number of esters is 1. The Morgan fingerprint density at radius 1 is 1.19 bits per heavy atom. The molecule has 0 heterocycles. The molecule has 0 radical (unpaired) electrons. The van der Waals surface area contributed by atoms with Crippen LogP contribution in [0.2, 0.25) is 5.02 Å². The summed E-state index contributed by atoms with van der Waals surface area (Å²) in [5.41, 5.74) is 7.25. The first-order valence-corrected chi connectivity index (χ1v) is 7.74. The molecule has 2 aromatic carbocycles. The van der Waals surface area contributed by atoms with Gasteiger partial charge in [0.15, 0.2) is 0 Å². The molecule has 2 aromatic rings. The summed E-state index contributed by atoms with van der Waals surface area (Å²) in [5.74, 6) is -1.06. The quantitative estimate of drug-likeness (QED) is 0.322. The van der Waals surface area contributed by atoms with Crippen LogP contribution in [0.4, 0.5) is 17.1 Å². The van der Waals surface area contributed by atoms with Gasteiger partial charge in [-0.25, -0.2) is 4.79 Å². The summed E-state index contributed by atoms with van der Waals surface area (Å²) in [7, 11) is 1.29. The summed E-state index contributed by atoms with van der Waals surface area (Å²) < 4.78 is 4.61. The molecule has 2 rings (SSSR count). The minimum atomic E-state index is -0.605. The van der Waals surface area contributed by atoms with Gasteiger partial charge in [-0.3, -0.25) is 4.79 Å². The normalized spacial score (nSPS) is 10.6. The number of rotatable bonds is 5. The van der Waals surface area contributed by atoms with Gasteiger partial charge in [-0.1, -0.05) is 11.6 Å². The average Bonchev–Trinajstić information content (AvgIpc) is 2.65. The third kappa shape index (κ3) is 4.75. The van der Waals surface area contributed by atoms with Gasteiger partial charge in [-0.15, -0.1) is 0 Å². The van der Waals surface area contributed by atoms with Gasteiger partial charge in [0.2, 0.25) is 0 Å². The molecule has 1 amide bonds. The number of anilines is 3. The second-order valence-electron chi connectivity index (χ2n) is 5.07. The molecule has 132 valence electrons. The van der Waals surface area contributed by atoms with E-state index in [1.54, 1.807) is 36.4 Å². The molecule has 8 heteroatoms. The molecule has 0 aliphatic heterocycles. The number of carbonyl (C=O) groups is 2. The number of nitrogens with one attached hydrogen (secondary N) is 2. The maximum Gasteiger partial charge on any atom is 0.337 e. The zero-order chi connectivity index (χ0) is 19.1. The van der Waals surface area contributed by atoms with E-state index in [4.69, 9.17) is 17.3 Å². The third-order valence-electron chi connectivity index (χ3n) is 3.31. The van der Waals surface area contributed by atoms with Gasteiger partial charge in [0.1, 0.15) is 11.6 Å². The van der Waals surface area contributed by atoms with E-state index < -0.39 is 11.9 Å². The summed E-state index contributed by atoms with van der Waals surface area (Å²) in [5, 5.41) is 14.9. The van der Waals surface area contributed by atoms with Crippen molar-refractivity contribution in [2.24, 2.45) is 0 Å². The molecule has 0 aromatic heterocycles. The molecule has 0 atom stereocenters. The van der Waals surface area contributed by atoms with Crippen molar-refractivity contribution in [3.8, 4) is 6.07 Å². The minimum absolute atomic E-state index is 0.144. The van der Waals surface area contributed by atoms with Crippen molar-refractivity contribution in [3.63, 3.8) is 0 Å². The molecule has 0 bridgehead atoms. The van der Waals surface area contributed by atoms with Crippen LogP contribution < -0.4 is 16.4 Å². The molecule has 26 heavy (non-hydrogen) atoms. The number of hydrogen-bond donors (Lipinski definition) is 3. The van der Waals surface area contributed by atoms with E-state index >= 15 is 0 Å². The van der Waals surface area contributed by atoms with Crippen LogP contribution in [0.15, 0.2) is 54.2 Å². The van der Waals surface area contributed by atoms with Gasteiger partial charge in [0.05, 0.1) is 23.4 Å². The Morgan fingerprint density at radius 3 is 2.42 bits per heavy atom. The fourth-order valence-corrected chi connectivity index (χ4v) is 2.11. The zero-order valence-electron chi connectivity index (χ0n) is 13.7. The summed E-state index contributed by atoms with van der Waals surface area (Å²) >= 11 is 5.90. The number of nitrogens with two attached hydrogens (primary N) is 1. The van der Waals surface area contributed by atoms with Gasteiger partial charge >= 0.3 is 5.97 Å². The molecular formula is C18H15ClN4O3. The number of nitriles is 1. The molecule has 0 fully saturated rings. The maximum absolute atomic E-state index is 12.2. The van der Waals surface area contributed by atoms with Crippen LogP contribution in [-0.4, -0.2) is 19.0 Å². The van der Waals surface area contributed by atoms with Crippen molar-refractivity contribution in [2.75, 3.05) is 23.5 Å². The first kappa shape index (κ1) is 18.8. The fraction of sp³-hybridized carbons (Fsp3) is 0.0556. The number of methoxy groups -OCH3 is 1. The van der Waals surface area contributed by atoms with Gasteiger partial charge in [0.25, 0.3) is 5.91 Å². The van der Waals surface area contributed by atoms with Crippen LogP contribution in [0.5, 0.6) is 0 Å². The predicted molar refractivity (Wildman–Crippen MR) is 99.6 cm³/mol. The molecule has 0 spiro atoms. The summed E-state index contributed by atoms with van der Waals surface area (Å²) in [4.78, 5) is 23.5. The number of nitrogens with zero attached hydrogens (tertiary/aromatic N) is 1. The largest absolute Gasteiger partial charge is 0.465 e. The van der Waals surface area contributed by atoms with Crippen LogP contribution in [0, 0.1) is 11.3 Å². The number of nitrogen functional groups attached to an aromatic ring is 1. The standard InChI is InChI=1S/C18H15ClN4O3/c1-26-18(25)11-2-4-13(5-3-11)22-10-12(9-20)17(24)23-14-6-7-16(21)15(19)8-14/h2-8,10,22H,21H2,1H3,(H,23,24)/b12-10-. The van der Waals surface area contributed by atoms with E-state index in [2.05, 4.69) is 15.4 Å². The van der Waals surface area contributed by atoms with Crippen LogP contribution >= 0.6 is 11.6 Å². The molecule has 4 N–H and O–H groups in total. The Balaban J connectivity index is 2.07. The number of carbonyl (C=O) groups excluding carboxylic acids is 2. The second kappa shape index (κ2) is 8.55. The zero-order valence-corrected chi connectivity index (χ0v) is 14.5. The topological polar surface area (TPSA) is 117 Å². The number of benzene rings is 2. The van der Waals surface area contributed by atoms with Crippen LogP contribution in [0.25, 0.3) is 0 Å². The molecule has 0 saturated heterocycles. The lowest BCUT2D eigenvalue weighted by Crippen LogP contribution is -2.14. The van der Waals surface area contributed by atoms with Crippen molar-refractivity contribution in [1.82, 2.24) is 0 Å². The van der Waals surface area contributed by atoms with E-state index in [1.165, 1.54) is 19.4 Å². The monoisotopic (exact) mass is 370 g/mol. The summed E-state index contributed by atoms with van der Waals surface area (Å²) in [6, 6.07) is 12.8. The highest BCUT2D eigenvalue weighted by molar-refractivity contribution is 6.33. The Kier molecular flexibility index (Phi) is 6.20. The maximum atomic E-state index is 12.2. The van der Waals surface area contributed by atoms with E-state index in [0.29, 0.717) is 27.6 Å². The van der Waals surface area contributed by atoms with Crippen molar-refractivity contribution in [2.45, 2.75) is 0 Å². The van der Waals surface area contributed by atoms with Crippen molar-refractivity contribution < 1.29 is 14.3 Å². The molecule has 0 aliphatic carbocycles. The average molecular weight is 371 g/mol. The van der Waals surface area contributed by atoms with Crippen LogP contribution in [0.3, 0.4) is 0 Å². The fourth-order valence-electron chi connectivity index (χ4n) is 1.93. The Morgan fingerprint density at radius 2 is 1.85 bits per heavy atom. The first-order valence-electron chi connectivity index (χ1n) is 7.36.